The highest BCUT2D eigenvalue weighted by Gasteiger charge is 2.16. The van der Waals surface area contributed by atoms with Crippen LogP contribution in [-0.4, -0.2) is 44.5 Å². The number of nitrogens with zero attached hydrogens (tertiary/aromatic N) is 8. The lowest BCUT2D eigenvalue weighted by molar-refractivity contribution is 0.656. The van der Waals surface area contributed by atoms with Gasteiger partial charge in [-0.25, -0.2) is 9.89 Å². The number of imidazole rings is 1. The van der Waals surface area contributed by atoms with Gasteiger partial charge < -0.3 is 0 Å². The quantitative estimate of drug-likeness (QED) is 0.385. The number of nitrogens with one attached hydrogen (secondary N) is 1. The van der Waals surface area contributed by atoms with E-state index in [0.717, 1.165) is 53.2 Å². The van der Waals surface area contributed by atoms with Gasteiger partial charge in [0.25, 0.3) is 0 Å². The zero-order chi connectivity index (χ0) is 23.5. The van der Waals surface area contributed by atoms with E-state index in [1.807, 2.05) is 61.9 Å². The Morgan fingerprint density at radius 3 is 2.59 bits per heavy atom. The highest BCUT2D eigenvalue weighted by molar-refractivity contribution is 5.79. The second kappa shape index (κ2) is 9.26. The Labute approximate surface area is 195 Å². The molecule has 0 fully saturated rings. The third-order valence-electron chi connectivity index (χ3n) is 5.87. The number of unbranched alkanes of at least 4 members (excludes halogenated alkanes) is 1. The monoisotopic (exact) mass is 455 g/mol. The summed E-state index contributed by atoms with van der Waals surface area (Å²) in [5.74, 6) is 1.34. The number of H-pyrrole nitrogens is 1. The zero-order valence-electron chi connectivity index (χ0n) is 19.1. The van der Waals surface area contributed by atoms with E-state index in [1.165, 1.54) is 0 Å². The van der Waals surface area contributed by atoms with Crippen molar-refractivity contribution in [3.05, 3.63) is 82.9 Å². The van der Waals surface area contributed by atoms with Crippen molar-refractivity contribution in [3.63, 3.8) is 0 Å². The topological polar surface area (TPSA) is 112 Å². The number of aryl methyl sites for hydroxylation is 2. The van der Waals surface area contributed by atoms with Crippen LogP contribution in [0, 0.1) is 0 Å². The fourth-order valence-electron chi connectivity index (χ4n) is 4.07. The standard InChI is InChI=1S/C24H25N9O/c1-3-4-7-19-16-33(22-12-13-26-31(22)2)24(34)32(19)15-18-11-10-17(14-25-18)20-8-5-6-9-21(20)23-27-29-30-28-23/h5-6,8-14,16H,3-4,7,15H2,1-2H3,(H,27,28,29,30). The highest BCUT2D eigenvalue weighted by Crippen LogP contribution is 2.29. The maximum atomic E-state index is 13.3. The average Bonchev–Trinajstić information content (AvgIpc) is 3.61. The molecule has 0 radical (unpaired) electrons. The van der Waals surface area contributed by atoms with E-state index in [1.54, 1.807) is 20.0 Å². The summed E-state index contributed by atoms with van der Waals surface area (Å²) in [6.45, 7) is 2.55. The highest BCUT2D eigenvalue weighted by atomic mass is 16.1. The molecule has 4 aromatic heterocycles. The van der Waals surface area contributed by atoms with Crippen molar-refractivity contribution in [2.75, 3.05) is 0 Å². The summed E-state index contributed by atoms with van der Waals surface area (Å²) in [7, 11) is 1.83. The van der Waals surface area contributed by atoms with Crippen molar-refractivity contribution in [3.8, 4) is 28.3 Å². The van der Waals surface area contributed by atoms with Crippen LogP contribution in [-0.2, 0) is 20.0 Å². The van der Waals surface area contributed by atoms with E-state index < -0.39 is 0 Å². The van der Waals surface area contributed by atoms with Crippen LogP contribution in [0.15, 0.2) is 65.8 Å². The lowest BCUT2D eigenvalue weighted by Crippen LogP contribution is -2.26. The Morgan fingerprint density at radius 1 is 1.06 bits per heavy atom. The fraction of sp³-hybridized carbons (Fsp3) is 0.250. The van der Waals surface area contributed by atoms with Gasteiger partial charge in [-0.3, -0.25) is 18.8 Å². The molecule has 1 aromatic carbocycles. The van der Waals surface area contributed by atoms with Crippen LogP contribution in [0.4, 0.5) is 0 Å². The first kappa shape index (κ1) is 21.5. The van der Waals surface area contributed by atoms with Crippen molar-refractivity contribution in [2.24, 2.45) is 7.05 Å². The minimum Gasteiger partial charge on any atom is -0.290 e. The molecule has 10 nitrogen and oxygen atoms in total. The van der Waals surface area contributed by atoms with Gasteiger partial charge in [0.15, 0.2) is 5.82 Å². The maximum Gasteiger partial charge on any atom is 0.334 e. The normalized spacial score (nSPS) is 11.2. The first-order valence-electron chi connectivity index (χ1n) is 11.2. The molecule has 0 amide bonds. The van der Waals surface area contributed by atoms with Gasteiger partial charge in [-0.1, -0.05) is 43.7 Å². The van der Waals surface area contributed by atoms with Crippen LogP contribution in [0.25, 0.3) is 28.3 Å². The summed E-state index contributed by atoms with van der Waals surface area (Å²) < 4.78 is 5.16. The number of rotatable bonds is 8. The molecule has 172 valence electrons. The molecule has 4 heterocycles. The van der Waals surface area contributed by atoms with Crippen molar-refractivity contribution in [2.45, 2.75) is 32.7 Å². The number of hydrogen-bond donors (Lipinski definition) is 1. The van der Waals surface area contributed by atoms with E-state index in [0.29, 0.717) is 12.4 Å². The van der Waals surface area contributed by atoms with Crippen molar-refractivity contribution >= 4 is 0 Å². The molecule has 0 unspecified atom stereocenters. The third-order valence-corrected chi connectivity index (χ3v) is 5.87. The lowest BCUT2D eigenvalue weighted by atomic mass is 10.0. The average molecular weight is 456 g/mol. The van der Waals surface area contributed by atoms with Gasteiger partial charge in [0.2, 0.25) is 0 Å². The molecule has 0 atom stereocenters. The molecule has 0 spiro atoms. The summed E-state index contributed by atoms with van der Waals surface area (Å²) in [6.07, 6.45) is 8.33. The largest absolute Gasteiger partial charge is 0.334 e. The van der Waals surface area contributed by atoms with E-state index in [9.17, 15) is 4.79 Å². The van der Waals surface area contributed by atoms with E-state index in [2.05, 4.69) is 37.6 Å². The molecular weight excluding hydrogens is 430 g/mol. The minimum absolute atomic E-state index is 0.0938. The Hall–Kier alpha value is -4.34. The van der Waals surface area contributed by atoms with Crippen LogP contribution in [0.2, 0.25) is 0 Å². The van der Waals surface area contributed by atoms with Gasteiger partial charge >= 0.3 is 5.69 Å². The molecule has 0 aliphatic heterocycles. The molecule has 34 heavy (non-hydrogen) atoms. The number of hydrogen-bond acceptors (Lipinski definition) is 6. The van der Waals surface area contributed by atoms with Crippen LogP contribution in [0.3, 0.4) is 0 Å². The molecule has 5 rings (SSSR count). The number of benzene rings is 1. The first-order chi connectivity index (χ1) is 16.7. The molecule has 0 saturated carbocycles. The number of pyridine rings is 1. The lowest BCUT2D eigenvalue weighted by Gasteiger charge is -2.09. The molecule has 0 aliphatic rings. The summed E-state index contributed by atoms with van der Waals surface area (Å²) in [4.78, 5) is 18.0. The molecule has 0 saturated heterocycles. The Bertz CT molecular complexity index is 1440. The third kappa shape index (κ3) is 4.05. The van der Waals surface area contributed by atoms with Crippen LogP contribution >= 0.6 is 0 Å². The predicted octanol–water partition coefficient (Wildman–Crippen LogP) is 3.01. The minimum atomic E-state index is -0.0938. The summed E-state index contributed by atoms with van der Waals surface area (Å²) in [6, 6.07) is 13.7. The fourth-order valence-corrected chi connectivity index (χ4v) is 4.07. The summed E-state index contributed by atoms with van der Waals surface area (Å²) in [5, 5.41) is 18.4. The van der Waals surface area contributed by atoms with E-state index >= 15 is 0 Å². The first-order valence-corrected chi connectivity index (χ1v) is 11.2. The predicted molar refractivity (Wildman–Crippen MR) is 127 cm³/mol. The number of aromatic amines is 1. The van der Waals surface area contributed by atoms with Crippen molar-refractivity contribution in [1.82, 2.24) is 44.5 Å². The van der Waals surface area contributed by atoms with E-state index in [4.69, 9.17) is 0 Å². The number of aromatic nitrogens is 9. The smallest absolute Gasteiger partial charge is 0.290 e. The Kier molecular flexibility index (Phi) is 5.86. The van der Waals surface area contributed by atoms with Gasteiger partial charge in [-0.2, -0.15) is 5.10 Å². The summed E-state index contributed by atoms with van der Waals surface area (Å²) >= 11 is 0. The van der Waals surface area contributed by atoms with Crippen LogP contribution < -0.4 is 5.69 Å². The molecule has 1 N–H and O–H groups in total. The van der Waals surface area contributed by atoms with Crippen molar-refractivity contribution < 1.29 is 0 Å². The molecular formula is C24H25N9O. The second-order valence-electron chi connectivity index (χ2n) is 8.11. The molecule has 5 aromatic rings. The SMILES string of the molecule is CCCCc1cn(-c2ccnn2C)c(=O)n1Cc1ccc(-c2ccccc2-c2nnn[nH]2)cn1. The molecule has 0 aliphatic carbocycles. The van der Waals surface area contributed by atoms with Gasteiger partial charge in [0, 0.05) is 42.3 Å². The van der Waals surface area contributed by atoms with E-state index in [-0.39, 0.29) is 5.69 Å². The van der Waals surface area contributed by atoms with Gasteiger partial charge in [0.1, 0.15) is 5.82 Å². The van der Waals surface area contributed by atoms with Crippen LogP contribution in [0.5, 0.6) is 0 Å². The maximum absolute atomic E-state index is 13.3. The van der Waals surface area contributed by atoms with Gasteiger partial charge in [-0.15, -0.1) is 5.10 Å². The Balaban J connectivity index is 1.47. The number of tetrazole rings is 1. The van der Waals surface area contributed by atoms with Gasteiger partial charge in [0.05, 0.1) is 18.4 Å². The van der Waals surface area contributed by atoms with Crippen molar-refractivity contribution in [1.29, 1.82) is 0 Å². The Morgan fingerprint density at radius 2 is 1.91 bits per heavy atom. The summed E-state index contributed by atoms with van der Waals surface area (Å²) in [5.41, 5.74) is 4.52. The zero-order valence-corrected chi connectivity index (χ0v) is 19.1. The van der Waals surface area contributed by atoms with Gasteiger partial charge in [-0.05, 0) is 34.9 Å². The van der Waals surface area contributed by atoms with Crippen LogP contribution in [0.1, 0.15) is 31.2 Å². The second-order valence-corrected chi connectivity index (χ2v) is 8.11. The molecule has 0 bridgehead atoms. The molecule has 10 heteroatoms.